The molecular weight excluding hydrogens is 767 g/mol. The maximum absolute atomic E-state index is 5.43. The zero-order valence-electron chi connectivity index (χ0n) is 35.2. The molecule has 0 spiro atoms. The quantitative estimate of drug-likeness (QED) is 0.143. The zero-order chi connectivity index (χ0) is 42.2. The normalized spacial score (nSPS) is 16.3. The molecule has 0 bridgehead atoms. The van der Waals surface area contributed by atoms with E-state index in [1.807, 2.05) is 24.3 Å². The molecule has 11 rings (SSSR count). The van der Waals surface area contributed by atoms with Gasteiger partial charge < -0.3 is 0 Å². The van der Waals surface area contributed by atoms with E-state index in [1.54, 1.807) is 0 Å². The highest BCUT2D eigenvalue weighted by Crippen LogP contribution is 2.44. The lowest BCUT2D eigenvalue weighted by Gasteiger charge is -2.36. The van der Waals surface area contributed by atoms with Crippen molar-refractivity contribution in [1.82, 2.24) is 24.9 Å². The average Bonchev–Trinajstić information content (AvgIpc) is 3.37. The predicted octanol–water partition coefficient (Wildman–Crippen LogP) is 14.6. The summed E-state index contributed by atoms with van der Waals surface area (Å²) in [6.07, 6.45) is 4.25. The maximum atomic E-state index is 5.43. The van der Waals surface area contributed by atoms with Crippen LogP contribution in [0.15, 0.2) is 200 Å². The van der Waals surface area contributed by atoms with E-state index in [0.29, 0.717) is 17.6 Å². The van der Waals surface area contributed by atoms with Gasteiger partial charge in [0.05, 0.1) is 22.4 Å². The number of pyridine rings is 2. The monoisotopic (exact) mass is 811 g/mol. The van der Waals surface area contributed by atoms with Crippen molar-refractivity contribution in [3.63, 3.8) is 0 Å². The largest absolute Gasteiger partial charge is 0.245 e. The van der Waals surface area contributed by atoms with Gasteiger partial charge in [-0.1, -0.05) is 183 Å². The van der Waals surface area contributed by atoms with Crippen LogP contribution < -0.4 is 0 Å². The predicted molar refractivity (Wildman–Crippen MR) is 258 cm³/mol. The summed E-state index contributed by atoms with van der Waals surface area (Å²) >= 11 is 0. The van der Waals surface area contributed by atoms with Crippen molar-refractivity contribution in [2.75, 3.05) is 0 Å². The van der Waals surface area contributed by atoms with E-state index in [0.717, 1.165) is 109 Å². The summed E-state index contributed by atoms with van der Waals surface area (Å²) in [6, 6.07) is 70.3. The molecule has 5 heteroatoms. The highest BCUT2D eigenvalue weighted by Gasteiger charge is 2.36. The molecule has 0 saturated heterocycles. The van der Waals surface area contributed by atoms with Crippen molar-refractivity contribution in [1.29, 1.82) is 0 Å². The molecule has 0 N–H and O–H groups in total. The van der Waals surface area contributed by atoms with Crippen LogP contribution in [0.3, 0.4) is 0 Å². The minimum absolute atomic E-state index is 0.159. The van der Waals surface area contributed by atoms with Crippen LogP contribution in [0.25, 0.3) is 89.4 Å². The molecular formula is C58H45N5. The van der Waals surface area contributed by atoms with Crippen molar-refractivity contribution in [3.8, 4) is 67.5 Å². The molecule has 302 valence electrons. The Labute approximate surface area is 368 Å². The molecule has 0 radical (unpaired) electrons. The molecule has 0 unspecified atom stereocenters. The van der Waals surface area contributed by atoms with E-state index in [9.17, 15) is 0 Å². The van der Waals surface area contributed by atoms with E-state index in [1.165, 1.54) is 5.56 Å². The second kappa shape index (κ2) is 16.3. The van der Waals surface area contributed by atoms with E-state index >= 15 is 0 Å². The summed E-state index contributed by atoms with van der Waals surface area (Å²) in [7, 11) is 0. The van der Waals surface area contributed by atoms with E-state index in [2.05, 4.69) is 183 Å². The van der Waals surface area contributed by atoms with Crippen molar-refractivity contribution in [3.05, 3.63) is 212 Å². The SMILES string of the molecule is CC1(c2nc(-c3ccccc3)nc(-c3cccc(-c4cccc(-c5cc(-c6ccccc6)c6ccc7ccc(-c8ccccc8)nc7c6n5)c4)c3)n2)CCC(c2ccccc2)CC1. The molecule has 0 atom stereocenters. The molecule has 0 amide bonds. The average molecular weight is 812 g/mol. The lowest BCUT2D eigenvalue weighted by atomic mass is 9.69. The second-order valence-electron chi connectivity index (χ2n) is 17.1. The summed E-state index contributed by atoms with van der Waals surface area (Å²) < 4.78 is 0. The first-order valence-electron chi connectivity index (χ1n) is 22.0. The Hall–Kier alpha value is -7.63. The van der Waals surface area contributed by atoms with Crippen LogP contribution in [-0.2, 0) is 5.41 Å². The summed E-state index contributed by atoms with van der Waals surface area (Å²) in [5, 5.41) is 2.13. The molecule has 5 nitrogen and oxygen atoms in total. The van der Waals surface area contributed by atoms with Crippen LogP contribution in [0.2, 0.25) is 0 Å². The zero-order valence-corrected chi connectivity index (χ0v) is 35.2. The Morgan fingerprint density at radius 1 is 0.397 bits per heavy atom. The van der Waals surface area contributed by atoms with Gasteiger partial charge in [0.15, 0.2) is 11.6 Å². The van der Waals surface area contributed by atoms with Crippen molar-refractivity contribution in [2.24, 2.45) is 0 Å². The summed E-state index contributed by atoms with van der Waals surface area (Å²) in [5.41, 5.74) is 13.4. The number of rotatable bonds is 8. The van der Waals surface area contributed by atoms with Gasteiger partial charge in [-0.15, -0.1) is 0 Å². The van der Waals surface area contributed by atoms with Crippen molar-refractivity contribution in [2.45, 2.75) is 43.9 Å². The standard InChI is InChI=1S/C58H45N5/c1-58(34-32-40(33-35-58)39-16-6-2-7-17-39)57-62-55(44-22-12-5-13-23-44)61-56(63-57)48-27-15-25-46(37-48)45-24-14-26-47(36-45)52-38-50(41-18-8-3-9-19-41)49-30-28-43-29-31-51(42-20-10-4-11-21-42)59-53(43)54(49)60-52/h2-31,36-38,40H,32-35H2,1H3. The highest BCUT2D eigenvalue weighted by molar-refractivity contribution is 6.09. The Kier molecular flexibility index (Phi) is 9.93. The lowest BCUT2D eigenvalue weighted by molar-refractivity contribution is 0.278. The lowest BCUT2D eigenvalue weighted by Crippen LogP contribution is -2.30. The van der Waals surface area contributed by atoms with Crippen molar-refractivity contribution >= 4 is 21.8 Å². The van der Waals surface area contributed by atoms with Crippen LogP contribution in [0.4, 0.5) is 0 Å². The number of fused-ring (bicyclic) bond motifs is 3. The number of hydrogen-bond acceptors (Lipinski definition) is 5. The first-order chi connectivity index (χ1) is 31.0. The van der Waals surface area contributed by atoms with E-state index < -0.39 is 0 Å². The van der Waals surface area contributed by atoms with Crippen LogP contribution in [0, 0.1) is 0 Å². The van der Waals surface area contributed by atoms with E-state index in [-0.39, 0.29) is 5.41 Å². The second-order valence-corrected chi connectivity index (χ2v) is 17.1. The molecule has 10 aromatic rings. The van der Waals surface area contributed by atoms with Gasteiger partial charge in [-0.25, -0.2) is 24.9 Å². The summed E-state index contributed by atoms with van der Waals surface area (Å²) in [4.78, 5) is 26.3. The number of nitrogens with zero attached hydrogens (tertiary/aromatic N) is 5. The number of hydrogen-bond donors (Lipinski definition) is 0. The third-order valence-electron chi connectivity index (χ3n) is 13.0. The Balaban J connectivity index is 0.988. The van der Waals surface area contributed by atoms with Crippen LogP contribution in [0.1, 0.15) is 49.9 Å². The van der Waals surface area contributed by atoms with Gasteiger partial charge in [0.2, 0.25) is 0 Å². The third kappa shape index (κ3) is 7.57. The molecule has 1 aliphatic carbocycles. The summed E-state index contributed by atoms with van der Waals surface area (Å²) in [6.45, 7) is 2.34. The Morgan fingerprint density at radius 3 is 1.60 bits per heavy atom. The smallest absolute Gasteiger partial charge is 0.163 e. The Bertz CT molecular complexity index is 3230. The third-order valence-corrected chi connectivity index (χ3v) is 13.0. The highest BCUT2D eigenvalue weighted by atomic mass is 15.0. The van der Waals surface area contributed by atoms with Crippen LogP contribution in [0.5, 0.6) is 0 Å². The first-order valence-corrected chi connectivity index (χ1v) is 22.0. The molecule has 1 fully saturated rings. The fraction of sp³-hybridized carbons (Fsp3) is 0.121. The molecule has 3 aromatic heterocycles. The van der Waals surface area contributed by atoms with Gasteiger partial charge >= 0.3 is 0 Å². The maximum Gasteiger partial charge on any atom is 0.163 e. The Morgan fingerprint density at radius 2 is 0.921 bits per heavy atom. The molecule has 63 heavy (non-hydrogen) atoms. The number of aromatic nitrogens is 5. The minimum Gasteiger partial charge on any atom is -0.245 e. The van der Waals surface area contributed by atoms with Gasteiger partial charge in [-0.2, -0.15) is 0 Å². The van der Waals surface area contributed by atoms with Gasteiger partial charge in [-0.3, -0.25) is 0 Å². The molecule has 1 saturated carbocycles. The topological polar surface area (TPSA) is 64.5 Å². The summed E-state index contributed by atoms with van der Waals surface area (Å²) in [5.74, 6) is 2.84. The van der Waals surface area contributed by atoms with Gasteiger partial charge in [-0.05, 0) is 83.7 Å². The molecule has 1 aliphatic rings. The molecule has 7 aromatic carbocycles. The van der Waals surface area contributed by atoms with Gasteiger partial charge in [0.1, 0.15) is 5.82 Å². The minimum atomic E-state index is -0.159. The number of benzene rings is 7. The van der Waals surface area contributed by atoms with Crippen LogP contribution >= 0.6 is 0 Å². The van der Waals surface area contributed by atoms with Gasteiger partial charge in [0.25, 0.3) is 0 Å². The fourth-order valence-corrected chi connectivity index (χ4v) is 9.37. The molecule has 3 heterocycles. The van der Waals surface area contributed by atoms with Gasteiger partial charge in [0, 0.05) is 38.4 Å². The fourth-order valence-electron chi connectivity index (χ4n) is 9.37. The molecule has 0 aliphatic heterocycles. The van der Waals surface area contributed by atoms with Crippen molar-refractivity contribution < 1.29 is 0 Å². The first kappa shape index (κ1) is 38.3. The van der Waals surface area contributed by atoms with Crippen LogP contribution in [-0.4, -0.2) is 24.9 Å². The van der Waals surface area contributed by atoms with E-state index in [4.69, 9.17) is 24.9 Å².